The predicted octanol–water partition coefficient (Wildman–Crippen LogP) is -0.183. The number of rotatable bonds is 2. The first-order valence-electron chi connectivity index (χ1n) is 3.38. The van der Waals surface area contributed by atoms with E-state index in [-0.39, 0.29) is 0 Å². The van der Waals surface area contributed by atoms with Gasteiger partial charge >= 0.3 is 11.5 Å². The Morgan fingerprint density at radius 3 is 2.36 bits per heavy atom. The summed E-state index contributed by atoms with van der Waals surface area (Å²) in [5.74, 6) is -2.18. The molecule has 0 aliphatic heterocycles. The highest BCUT2D eigenvalue weighted by atomic mass is 16.6. The van der Waals surface area contributed by atoms with Crippen molar-refractivity contribution in [3.05, 3.63) is 43.8 Å². The van der Waals surface area contributed by atoms with E-state index >= 15 is 0 Å². The van der Waals surface area contributed by atoms with Gasteiger partial charge in [-0.1, -0.05) is 0 Å². The standard InChI is InChI=1S/C6H4N2O6/c9-4-2-1-3(7(11)12)6(10)5(4)8(13)14/h1-3,9H. The van der Waals surface area contributed by atoms with Gasteiger partial charge in [0.2, 0.25) is 0 Å². The lowest BCUT2D eigenvalue weighted by Crippen LogP contribution is -2.34. The number of hydrogen-bond donors (Lipinski definition) is 1. The Labute approximate surface area is 76.4 Å². The van der Waals surface area contributed by atoms with Gasteiger partial charge in [-0.2, -0.15) is 0 Å². The van der Waals surface area contributed by atoms with Crippen LogP contribution < -0.4 is 0 Å². The van der Waals surface area contributed by atoms with Gasteiger partial charge in [0.15, 0.2) is 5.76 Å². The molecule has 1 rings (SSSR count). The molecule has 0 fully saturated rings. The molecule has 8 heteroatoms. The predicted molar refractivity (Wildman–Crippen MR) is 41.6 cm³/mol. The molecule has 8 nitrogen and oxygen atoms in total. The van der Waals surface area contributed by atoms with Crippen LogP contribution in [0.3, 0.4) is 0 Å². The summed E-state index contributed by atoms with van der Waals surface area (Å²) >= 11 is 0. The van der Waals surface area contributed by atoms with E-state index in [1.165, 1.54) is 0 Å². The quantitative estimate of drug-likeness (QED) is 0.486. The SMILES string of the molecule is O=C1C([N+](=O)[O-])=C(O)C=CC1[N+](=O)[O-]. The number of carbonyl (C=O) groups is 1. The molecule has 0 bridgehead atoms. The molecule has 0 aromatic carbocycles. The minimum Gasteiger partial charge on any atom is -0.502 e. The van der Waals surface area contributed by atoms with Crippen LogP contribution in [0, 0.1) is 20.2 Å². The molecule has 0 aromatic rings. The van der Waals surface area contributed by atoms with Gasteiger partial charge in [0.25, 0.3) is 6.04 Å². The molecule has 1 atom stereocenters. The monoisotopic (exact) mass is 200 g/mol. The van der Waals surface area contributed by atoms with E-state index in [0.29, 0.717) is 0 Å². The molecular formula is C6H4N2O6. The summed E-state index contributed by atoms with van der Waals surface area (Å²) < 4.78 is 0. The zero-order chi connectivity index (χ0) is 10.9. The largest absolute Gasteiger partial charge is 0.502 e. The van der Waals surface area contributed by atoms with Crippen molar-refractivity contribution in [3.8, 4) is 0 Å². The number of hydrogen-bond acceptors (Lipinski definition) is 6. The number of allylic oxidation sites excluding steroid dienone is 1. The number of nitrogens with zero attached hydrogens (tertiary/aromatic N) is 2. The van der Waals surface area contributed by atoms with Crippen LogP contribution in [-0.4, -0.2) is 26.8 Å². The first kappa shape index (κ1) is 9.84. The third-order valence-electron chi connectivity index (χ3n) is 1.59. The fourth-order valence-corrected chi connectivity index (χ4v) is 0.964. The average molecular weight is 200 g/mol. The Morgan fingerprint density at radius 1 is 1.36 bits per heavy atom. The van der Waals surface area contributed by atoms with Gasteiger partial charge in [-0.3, -0.25) is 25.0 Å². The maximum atomic E-state index is 11.1. The lowest BCUT2D eigenvalue weighted by atomic mass is 10.0. The van der Waals surface area contributed by atoms with Crippen molar-refractivity contribution >= 4 is 5.78 Å². The third-order valence-corrected chi connectivity index (χ3v) is 1.59. The van der Waals surface area contributed by atoms with Gasteiger partial charge in [0.05, 0.1) is 4.92 Å². The van der Waals surface area contributed by atoms with E-state index in [0.717, 1.165) is 12.2 Å². The van der Waals surface area contributed by atoms with Gasteiger partial charge in [-0.05, 0) is 6.08 Å². The highest BCUT2D eigenvalue weighted by Crippen LogP contribution is 2.16. The number of aliphatic hydroxyl groups is 1. The number of aliphatic hydroxyl groups excluding tert-OH is 1. The number of nitro groups is 2. The highest BCUT2D eigenvalue weighted by molar-refractivity contribution is 5.99. The van der Waals surface area contributed by atoms with Crippen LogP contribution in [-0.2, 0) is 4.79 Å². The number of Topliss-reactive ketones (excluding diaryl/α,β-unsaturated/α-hetero) is 1. The topological polar surface area (TPSA) is 124 Å². The maximum Gasteiger partial charge on any atom is 0.360 e. The van der Waals surface area contributed by atoms with Crippen molar-refractivity contribution in [1.82, 2.24) is 0 Å². The van der Waals surface area contributed by atoms with Crippen molar-refractivity contribution < 1.29 is 19.7 Å². The van der Waals surface area contributed by atoms with Crippen LogP contribution in [0.1, 0.15) is 0 Å². The summed E-state index contributed by atoms with van der Waals surface area (Å²) in [7, 11) is 0. The molecule has 1 N–H and O–H groups in total. The van der Waals surface area contributed by atoms with Gasteiger partial charge in [0.1, 0.15) is 0 Å². The zero-order valence-corrected chi connectivity index (χ0v) is 6.61. The Balaban J connectivity index is 3.16. The van der Waals surface area contributed by atoms with E-state index < -0.39 is 33.1 Å². The second-order valence-electron chi connectivity index (χ2n) is 2.44. The average Bonchev–Trinajstić information content (AvgIpc) is 2.02. The van der Waals surface area contributed by atoms with Crippen molar-refractivity contribution in [2.24, 2.45) is 0 Å². The normalized spacial score (nSPS) is 21.1. The second-order valence-corrected chi connectivity index (χ2v) is 2.44. The summed E-state index contributed by atoms with van der Waals surface area (Å²) in [6.07, 6.45) is 1.57. The van der Waals surface area contributed by atoms with Gasteiger partial charge < -0.3 is 5.11 Å². The summed E-state index contributed by atoms with van der Waals surface area (Å²) in [6, 6.07) is -1.79. The van der Waals surface area contributed by atoms with E-state index in [2.05, 4.69) is 0 Å². The van der Waals surface area contributed by atoms with E-state index in [4.69, 9.17) is 5.11 Å². The van der Waals surface area contributed by atoms with Gasteiger partial charge in [-0.25, -0.2) is 0 Å². The highest BCUT2D eigenvalue weighted by Gasteiger charge is 2.42. The first-order chi connectivity index (χ1) is 6.45. The molecular weight excluding hydrogens is 196 g/mol. The lowest BCUT2D eigenvalue weighted by molar-refractivity contribution is -0.499. The minimum absolute atomic E-state index is 0.771. The molecule has 0 spiro atoms. The fraction of sp³-hybridized carbons (Fsp3) is 0.167. The van der Waals surface area contributed by atoms with Crippen LogP contribution in [0.5, 0.6) is 0 Å². The summed E-state index contributed by atoms with van der Waals surface area (Å²) in [4.78, 5) is 29.5. The molecule has 1 unspecified atom stereocenters. The van der Waals surface area contributed by atoms with Crippen LogP contribution >= 0.6 is 0 Å². The van der Waals surface area contributed by atoms with E-state index in [1.807, 2.05) is 0 Å². The van der Waals surface area contributed by atoms with Crippen molar-refractivity contribution in [2.75, 3.05) is 0 Å². The Bertz CT molecular complexity index is 382. The molecule has 74 valence electrons. The Kier molecular flexibility index (Phi) is 2.28. The van der Waals surface area contributed by atoms with E-state index in [1.54, 1.807) is 0 Å². The summed E-state index contributed by atoms with van der Waals surface area (Å²) in [6.45, 7) is 0. The third kappa shape index (κ3) is 1.44. The van der Waals surface area contributed by atoms with Gasteiger partial charge in [0, 0.05) is 11.0 Å². The van der Waals surface area contributed by atoms with Crippen LogP contribution in [0.15, 0.2) is 23.6 Å². The molecule has 0 amide bonds. The maximum absolute atomic E-state index is 11.1. The number of carbonyl (C=O) groups excluding carboxylic acids is 1. The van der Waals surface area contributed by atoms with Crippen LogP contribution in [0.25, 0.3) is 0 Å². The molecule has 1 aliphatic carbocycles. The number of ketones is 1. The molecule has 1 aliphatic rings. The van der Waals surface area contributed by atoms with Gasteiger partial charge in [-0.15, -0.1) is 0 Å². The fourth-order valence-electron chi connectivity index (χ4n) is 0.964. The molecule has 0 heterocycles. The van der Waals surface area contributed by atoms with Crippen molar-refractivity contribution in [1.29, 1.82) is 0 Å². The Morgan fingerprint density at radius 2 is 1.93 bits per heavy atom. The summed E-state index contributed by atoms with van der Waals surface area (Å²) in [5, 5.41) is 29.4. The van der Waals surface area contributed by atoms with Crippen molar-refractivity contribution in [2.45, 2.75) is 6.04 Å². The molecule has 0 saturated heterocycles. The van der Waals surface area contributed by atoms with Crippen LogP contribution in [0.2, 0.25) is 0 Å². The molecule has 0 radical (unpaired) electrons. The minimum atomic E-state index is -1.79. The second kappa shape index (κ2) is 3.24. The lowest BCUT2D eigenvalue weighted by Gasteiger charge is -2.06. The Hall–Kier alpha value is -2.25. The van der Waals surface area contributed by atoms with Crippen molar-refractivity contribution in [3.63, 3.8) is 0 Å². The summed E-state index contributed by atoms with van der Waals surface area (Å²) in [5.41, 5.74) is -1.14. The zero-order valence-electron chi connectivity index (χ0n) is 6.61. The molecule has 14 heavy (non-hydrogen) atoms. The first-order valence-corrected chi connectivity index (χ1v) is 3.38. The smallest absolute Gasteiger partial charge is 0.360 e. The van der Waals surface area contributed by atoms with E-state index in [9.17, 15) is 25.0 Å². The molecule has 0 saturated carbocycles. The van der Waals surface area contributed by atoms with Crippen LogP contribution in [0.4, 0.5) is 0 Å². The molecule has 0 aromatic heterocycles.